The maximum Gasteiger partial charge on any atom is 0.302 e. The van der Waals surface area contributed by atoms with Crippen LogP contribution >= 0.6 is 11.8 Å². The molecule has 0 aromatic heterocycles. The molecule has 2 aromatic rings. The third kappa shape index (κ3) is 7.24. The van der Waals surface area contributed by atoms with Crippen LogP contribution in [0, 0.1) is 0 Å². The Morgan fingerprint density at radius 3 is 2.46 bits per heavy atom. The molecule has 1 atom stereocenters. The van der Waals surface area contributed by atoms with E-state index < -0.39 is 0 Å². The van der Waals surface area contributed by atoms with Crippen molar-refractivity contribution in [1.82, 2.24) is 5.01 Å². The quantitative estimate of drug-likeness (QED) is 0.358. The van der Waals surface area contributed by atoms with Crippen LogP contribution in [0.5, 0.6) is 11.5 Å². The first kappa shape index (κ1) is 26.6. The molecule has 188 valence electrons. The summed E-state index contributed by atoms with van der Waals surface area (Å²) in [5.74, 6) is 1.33. The average molecular weight is 498 g/mol. The normalized spacial score (nSPS) is 15.5. The van der Waals surface area contributed by atoms with Crippen molar-refractivity contribution in [1.29, 1.82) is 0 Å². The second kappa shape index (κ2) is 13.2. The molecule has 0 radical (unpaired) electrons. The highest BCUT2D eigenvalue weighted by Gasteiger charge is 2.30. The summed E-state index contributed by atoms with van der Waals surface area (Å²) < 4.78 is 10.8. The number of hydrazone groups is 1. The predicted octanol–water partition coefficient (Wildman–Crippen LogP) is 6.12. The van der Waals surface area contributed by atoms with Gasteiger partial charge < -0.3 is 14.8 Å². The molecule has 0 saturated heterocycles. The fourth-order valence-corrected chi connectivity index (χ4v) is 4.84. The number of amides is 2. The predicted molar refractivity (Wildman–Crippen MR) is 143 cm³/mol. The first-order valence-electron chi connectivity index (χ1n) is 12.2. The Bertz CT molecular complexity index is 1040. The van der Waals surface area contributed by atoms with Crippen molar-refractivity contribution in [3.8, 4) is 11.5 Å². The monoisotopic (exact) mass is 497 g/mol. The highest BCUT2D eigenvalue weighted by Crippen LogP contribution is 2.33. The summed E-state index contributed by atoms with van der Waals surface area (Å²) in [7, 11) is 3.21. The molecule has 0 spiro atoms. The van der Waals surface area contributed by atoms with Gasteiger partial charge in [-0.1, -0.05) is 50.6 Å². The van der Waals surface area contributed by atoms with Crippen molar-refractivity contribution in [3.63, 3.8) is 0 Å². The van der Waals surface area contributed by atoms with Crippen LogP contribution in [0.25, 0.3) is 0 Å². The molecule has 8 heteroatoms. The van der Waals surface area contributed by atoms with Crippen LogP contribution in [0.1, 0.15) is 57.1 Å². The Hall–Kier alpha value is -3.00. The van der Waals surface area contributed by atoms with E-state index in [9.17, 15) is 9.59 Å². The van der Waals surface area contributed by atoms with Crippen molar-refractivity contribution in [2.75, 3.05) is 26.1 Å². The van der Waals surface area contributed by atoms with Gasteiger partial charge in [0.05, 0.1) is 25.2 Å². The topological polar surface area (TPSA) is 80.2 Å². The van der Waals surface area contributed by atoms with Gasteiger partial charge in [-0.15, -0.1) is 0 Å². The molecule has 1 N–H and O–H groups in total. The molecule has 0 fully saturated rings. The minimum atomic E-state index is -0.0444. The molecule has 3 rings (SSSR count). The van der Waals surface area contributed by atoms with Crippen LogP contribution in [0.2, 0.25) is 0 Å². The number of benzene rings is 2. The second-order valence-electron chi connectivity index (χ2n) is 8.41. The number of nitrogens with zero attached hydrogens (tertiary/aromatic N) is 2. The molecular weight excluding hydrogens is 462 g/mol. The minimum Gasteiger partial charge on any atom is -0.493 e. The van der Waals surface area contributed by atoms with Gasteiger partial charge in [0.25, 0.3) is 0 Å². The summed E-state index contributed by atoms with van der Waals surface area (Å²) in [6, 6.07) is 13.5. The van der Waals surface area contributed by atoms with Gasteiger partial charge in [0.1, 0.15) is 0 Å². The van der Waals surface area contributed by atoms with Gasteiger partial charge in [-0.05, 0) is 55.2 Å². The summed E-state index contributed by atoms with van der Waals surface area (Å²) in [6.45, 7) is 4.65. The van der Waals surface area contributed by atoms with Gasteiger partial charge in [0.15, 0.2) is 11.5 Å². The molecular formula is C27H35N3O4S. The van der Waals surface area contributed by atoms with Crippen LogP contribution in [0.15, 0.2) is 47.6 Å². The Morgan fingerprint density at radius 1 is 1.06 bits per heavy atom. The van der Waals surface area contributed by atoms with Gasteiger partial charge in [-0.2, -0.15) is 5.10 Å². The van der Waals surface area contributed by atoms with Crippen molar-refractivity contribution in [2.24, 2.45) is 5.10 Å². The van der Waals surface area contributed by atoms with Crippen molar-refractivity contribution in [2.45, 2.75) is 57.6 Å². The minimum absolute atomic E-state index is 0.0166. The molecule has 2 amide bonds. The highest BCUT2D eigenvalue weighted by molar-refractivity contribution is 8.14. The maximum atomic E-state index is 12.8. The molecule has 7 nitrogen and oxygen atoms in total. The third-order valence-electron chi connectivity index (χ3n) is 5.89. The number of unbranched alkanes of at least 4 members (excludes halogenated alkanes) is 2. The van der Waals surface area contributed by atoms with Crippen LogP contribution in [-0.4, -0.2) is 47.9 Å². The van der Waals surface area contributed by atoms with E-state index in [0.717, 1.165) is 48.2 Å². The van der Waals surface area contributed by atoms with Gasteiger partial charge >= 0.3 is 5.24 Å². The van der Waals surface area contributed by atoms with Crippen LogP contribution in [0.4, 0.5) is 10.5 Å². The van der Waals surface area contributed by atoms with Gasteiger partial charge in [-0.25, -0.2) is 5.01 Å². The Balaban J connectivity index is 1.67. The molecule has 1 heterocycles. The van der Waals surface area contributed by atoms with E-state index in [1.54, 1.807) is 19.2 Å². The number of ether oxygens (including phenoxy) is 2. The summed E-state index contributed by atoms with van der Waals surface area (Å²) in [4.78, 5) is 24.8. The van der Waals surface area contributed by atoms with Gasteiger partial charge in [0, 0.05) is 24.2 Å². The Morgan fingerprint density at radius 2 is 1.80 bits per heavy atom. The molecule has 0 aliphatic carbocycles. The zero-order valence-corrected chi connectivity index (χ0v) is 21.8. The maximum absolute atomic E-state index is 12.8. The van der Waals surface area contributed by atoms with E-state index in [1.165, 1.54) is 11.8 Å². The lowest BCUT2D eigenvalue weighted by atomic mass is 10.0. The number of carbonyl (C=O) groups excluding carboxylic acids is 2. The van der Waals surface area contributed by atoms with E-state index in [0.29, 0.717) is 30.9 Å². The van der Waals surface area contributed by atoms with E-state index in [4.69, 9.17) is 14.6 Å². The molecule has 2 aromatic carbocycles. The van der Waals surface area contributed by atoms with Crippen molar-refractivity contribution in [3.05, 3.63) is 53.6 Å². The Kier molecular flexibility index (Phi) is 10.0. The second-order valence-corrected chi connectivity index (χ2v) is 9.56. The van der Waals surface area contributed by atoms with Crippen molar-refractivity contribution >= 4 is 34.3 Å². The molecule has 1 aliphatic rings. The number of thioether (sulfide) groups is 1. The van der Waals surface area contributed by atoms with Crippen LogP contribution in [-0.2, 0) is 11.2 Å². The average Bonchev–Trinajstić information content (AvgIpc) is 2.88. The van der Waals surface area contributed by atoms with E-state index >= 15 is 0 Å². The smallest absolute Gasteiger partial charge is 0.302 e. The SMILES string of the molecule is CCCCCC(=O)Nc1ccc(CCN2N=C(c3ccc(OC)c(OC)c3)C(CC)SC2=O)cc1. The molecule has 1 unspecified atom stereocenters. The lowest BCUT2D eigenvalue weighted by Gasteiger charge is -2.28. The van der Waals surface area contributed by atoms with Gasteiger partial charge in [-0.3, -0.25) is 9.59 Å². The fourth-order valence-electron chi connectivity index (χ4n) is 3.88. The first-order valence-corrected chi connectivity index (χ1v) is 13.0. The number of anilines is 1. The summed E-state index contributed by atoms with van der Waals surface area (Å²) in [5.41, 5.74) is 3.64. The molecule has 0 bridgehead atoms. The number of rotatable bonds is 12. The number of methoxy groups -OCH3 is 2. The van der Waals surface area contributed by atoms with Crippen LogP contribution < -0.4 is 14.8 Å². The largest absolute Gasteiger partial charge is 0.493 e. The van der Waals surface area contributed by atoms with Gasteiger partial charge in [0.2, 0.25) is 5.91 Å². The van der Waals surface area contributed by atoms with E-state index in [1.807, 2.05) is 42.5 Å². The van der Waals surface area contributed by atoms with Crippen molar-refractivity contribution < 1.29 is 19.1 Å². The first-order chi connectivity index (χ1) is 17.0. The molecule has 0 saturated carbocycles. The number of hydrogen-bond donors (Lipinski definition) is 1. The number of hydrogen-bond acceptors (Lipinski definition) is 6. The van der Waals surface area contributed by atoms with Crippen LogP contribution in [0.3, 0.4) is 0 Å². The highest BCUT2D eigenvalue weighted by atomic mass is 32.2. The standard InChI is InChI=1S/C27H35N3O4S/c1-5-7-8-9-25(31)28-21-13-10-19(11-14-21)16-17-30-27(32)35-24(6-2)26(29-30)20-12-15-22(33-3)23(18-20)34-4/h10-15,18,24H,5-9,16-17H2,1-4H3,(H,28,31). The third-order valence-corrected chi connectivity index (χ3v) is 7.15. The summed E-state index contributed by atoms with van der Waals surface area (Å²) in [6.07, 6.45) is 5.07. The molecule has 35 heavy (non-hydrogen) atoms. The lowest BCUT2D eigenvalue weighted by molar-refractivity contribution is -0.116. The van der Waals surface area contributed by atoms with E-state index in [-0.39, 0.29) is 16.4 Å². The Labute approximate surface area is 212 Å². The number of carbonyl (C=O) groups is 2. The zero-order chi connectivity index (χ0) is 25.2. The zero-order valence-electron chi connectivity index (χ0n) is 21.0. The van der Waals surface area contributed by atoms with E-state index in [2.05, 4.69) is 19.2 Å². The fraction of sp³-hybridized carbons (Fsp3) is 0.444. The lowest BCUT2D eigenvalue weighted by Crippen LogP contribution is -2.36. The number of nitrogens with one attached hydrogen (secondary N) is 1. The summed E-state index contributed by atoms with van der Waals surface area (Å²) >= 11 is 1.31. The summed E-state index contributed by atoms with van der Waals surface area (Å²) in [5, 5.41) is 9.18. The molecule has 1 aliphatic heterocycles.